The molecular formula is C15H23NO2. The molecule has 1 aliphatic rings. The monoisotopic (exact) mass is 249 g/mol. The highest BCUT2D eigenvalue weighted by Crippen LogP contribution is 2.13. The molecule has 3 nitrogen and oxygen atoms in total. The minimum Gasteiger partial charge on any atom is -0.381 e. The summed E-state index contributed by atoms with van der Waals surface area (Å²) in [5.74, 6) is 0.784. The Hall–Kier alpha value is -0.900. The molecule has 1 N–H and O–H groups in total. The van der Waals surface area contributed by atoms with E-state index in [9.17, 15) is 0 Å². The summed E-state index contributed by atoms with van der Waals surface area (Å²) in [6.45, 7) is 4.60. The summed E-state index contributed by atoms with van der Waals surface area (Å²) >= 11 is 0. The van der Waals surface area contributed by atoms with Crippen LogP contribution in [-0.4, -0.2) is 26.9 Å². The van der Waals surface area contributed by atoms with Crippen molar-refractivity contribution in [1.82, 2.24) is 5.32 Å². The first-order chi connectivity index (χ1) is 8.88. The summed E-state index contributed by atoms with van der Waals surface area (Å²) in [4.78, 5) is 0. The number of ether oxygens (including phenoxy) is 2. The Morgan fingerprint density at radius 2 is 1.83 bits per heavy atom. The minimum atomic E-state index is 0.690. The second-order valence-corrected chi connectivity index (χ2v) is 4.94. The summed E-state index contributed by atoms with van der Waals surface area (Å²) in [5, 5.41) is 3.54. The van der Waals surface area contributed by atoms with Crippen molar-refractivity contribution in [2.75, 3.05) is 26.9 Å². The topological polar surface area (TPSA) is 30.5 Å². The Labute approximate surface area is 109 Å². The van der Waals surface area contributed by atoms with Crippen molar-refractivity contribution in [3.63, 3.8) is 0 Å². The van der Waals surface area contributed by atoms with Crippen molar-refractivity contribution in [3.8, 4) is 0 Å². The molecule has 1 aliphatic heterocycles. The molecule has 0 spiro atoms. The normalized spacial score (nSPS) is 16.9. The third-order valence-electron chi connectivity index (χ3n) is 3.44. The van der Waals surface area contributed by atoms with Gasteiger partial charge in [-0.1, -0.05) is 24.3 Å². The average molecular weight is 249 g/mol. The van der Waals surface area contributed by atoms with Crippen LogP contribution in [0.2, 0.25) is 0 Å². The first kappa shape index (κ1) is 13.5. The van der Waals surface area contributed by atoms with Crippen LogP contribution in [0.15, 0.2) is 24.3 Å². The molecule has 0 unspecified atom stereocenters. The standard InChI is InChI=1S/C15H23NO2/c1-17-12-15-4-2-13(3-5-15)10-16-11-14-6-8-18-9-7-14/h2-5,14,16H,6-12H2,1H3. The highest BCUT2D eigenvalue weighted by molar-refractivity contribution is 5.21. The molecule has 0 amide bonds. The highest BCUT2D eigenvalue weighted by atomic mass is 16.5. The lowest BCUT2D eigenvalue weighted by molar-refractivity contribution is 0.0662. The van der Waals surface area contributed by atoms with Gasteiger partial charge in [-0.2, -0.15) is 0 Å². The lowest BCUT2D eigenvalue weighted by atomic mass is 10.0. The Bertz CT molecular complexity index is 331. The van der Waals surface area contributed by atoms with Crippen molar-refractivity contribution in [3.05, 3.63) is 35.4 Å². The first-order valence-electron chi connectivity index (χ1n) is 6.73. The van der Waals surface area contributed by atoms with Gasteiger partial charge in [0.05, 0.1) is 6.61 Å². The van der Waals surface area contributed by atoms with Gasteiger partial charge in [-0.25, -0.2) is 0 Å². The maximum absolute atomic E-state index is 5.36. The zero-order valence-electron chi connectivity index (χ0n) is 11.2. The Morgan fingerprint density at radius 3 is 2.50 bits per heavy atom. The molecule has 18 heavy (non-hydrogen) atoms. The number of benzene rings is 1. The molecule has 1 heterocycles. The van der Waals surface area contributed by atoms with Crippen molar-refractivity contribution >= 4 is 0 Å². The average Bonchev–Trinajstić information content (AvgIpc) is 2.42. The van der Waals surface area contributed by atoms with Crippen molar-refractivity contribution < 1.29 is 9.47 Å². The second-order valence-electron chi connectivity index (χ2n) is 4.94. The predicted octanol–water partition coefficient (Wildman–Crippen LogP) is 2.35. The van der Waals surface area contributed by atoms with Gasteiger partial charge in [0.2, 0.25) is 0 Å². The zero-order chi connectivity index (χ0) is 12.6. The van der Waals surface area contributed by atoms with E-state index in [1.54, 1.807) is 7.11 Å². The smallest absolute Gasteiger partial charge is 0.0713 e. The Balaban J connectivity index is 1.69. The van der Waals surface area contributed by atoms with Crippen LogP contribution in [0.5, 0.6) is 0 Å². The molecule has 2 rings (SSSR count). The molecule has 0 aliphatic carbocycles. The number of methoxy groups -OCH3 is 1. The lowest BCUT2D eigenvalue weighted by Gasteiger charge is -2.22. The van der Waals surface area contributed by atoms with Gasteiger partial charge in [0.1, 0.15) is 0 Å². The second kappa shape index (κ2) is 7.52. The van der Waals surface area contributed by atoms with E-state index < -0.39 is 0 Å². The first-order valence-corrected chi connectivity index (χ1v) is 6.73. The zero-order valence-corrected chi connectivity index (χ0v) is 11.2. The van der Waals surface area contributed by atoms with Gasteiger partial charge in [0.15, 0.2) is 0 Å². The van der Waals surface area contributed by atoms with Crippen LogP contribution in [0.4, 0.5) is 0 Å². The number of hydrogen-bond acceptors (Lipinski definition) is 3. The van der Waals surface area contributed by atoms with Crippen LogP contribution in [0.1, 0.15) is 24.0 Å². The molecule has 0 bridgehead atoms. The molecule has 0 saturated carbocycles. The van der Waals surface area contributed by atoms with Crippen LogP contribution >= 0.6 is 0 Å². The lowest BCUT2D eigenvalue weighted by Crippen LogP contribution is -2.27. The molecule has 100 valence electrons. The fourth-order valence-electron chi connectivity index (χ4n) is 2.29. The molecule has 0 aromatic heterocycles. The third-order valence-corrected chi connectivity index (χ3v) is 3.44. The summed E-state index contributed by atoms with van der Waals surface area (Å²) < 4.78 is 10.5. The largest absolute Gasteiger partial charge is 0.381 e. The van der Waals surface area contributed by atoms with E-state index in [2.05, 4.69) is 29.6 Å². The molecule has 0 atom stereocenters. The van der Waals surface area contributed by atoms with Crippen LogP contribution in [0, 0.1) is 5.92 Å². The molecule has 1 fully saturated rings. The van der Waals surface area contributed by atoms with Gasteiger partial charge < -0.3 is 14.8 Å². The number of nitrogens with one attached hydrogen (secondary N) is 1. The van der Waals surface area contributed by atoms with Gasteiger partial charge in [0, 0.05) is 26.9 Å². The van der Waals surface area contributed by atoms with Gasteiger partial charge in [-0.05, 0) is 36.4 Å². The molecular weight excluding hydrogens is 226 g/mol. The fraction of sp³-hybridized carbons (Fsp3) is 0.600. The van der Waals surface area contributed by atoms with Crippen LogP contribution < -0.4 is 5.32 Å². The van der Waals surface area contributed by atoms with E-state index >= 15 is 0 Å². The maximum atomic E-state index is 5.36. The van der Waals surface area contributed by atoms with Gasteiger partial charge in [-0.15, -0.1) is 0 Å². The van der Waals surface area contributed by atoms with E-state index in [4.69, 9.17) is 9.47 Å². The van der Waals surface area contributed by atoms with Gasteiger partial charge in [0.25, 0.3) is 0 Å². The summed E-state index contributed by atoms with van der Waals surface area (Å²) in [7, 11) is 1.73. The highest BCUT2D eigenvalue weighted by Gasteiger charge is 2.12. The minimum absolute atomic E-state index is 0.690. The molecule has 0 radical (unpaired) electrons. The molecule has 1 aromatic rings. The summed E-state index contributed by atoms with van der Waals surface area (Å²) in [6, 6.07) is 8.61. The van der Waals surface area contributed by atoms with Crippen LogP contribution in [0.3, 0.4) is 0 Å². The quantitative estimate of drug-likeness (QED) is 0.839. The SMILES string of the molecule is COCc1ccc(CNCC2CCOCC2)cc1. The maximum Gasteiger partial charge on any atom is 0.0713 e. The summed E-state index contributed by atoms with van der Waals surface area (Å²) in [5.41, 5.74) is 2.56. The Morgan fingerprint density at radius 1 is 1.17 bits per heavy atom. The van der Waals surface area contributed by atoms with Crippen LogP contribution in [-0.2, 0) is 22.6 Å². The van der Waals surface area contributed by atoms with Crippen LogP contribution in [0.25, 0.3) is 0 Å². The van der Waals surface area contributed by atoms with Crippen molar-refractivity contribution in [1.29, 1.82) is 0 Å². The third kappa shape index (κ3) is 4.41. The Kier molecular flexibility index (Phi) is 5.65. The van der Waals surface area contributed by atoms with E-state index in [0.717, 1.165) is 32.2 Å². The molecule has 3 heteroatoms. The summed E-state index contributed by atoms with van der Waals surface area (Å²) in [6.07, 6.45) is 2.39. The van der Waals surface area contributed by atoms with E-state index in [1.807, 2.05) is 0 Å². The van der Waals surface area contributed by atoms with Gasteiger partial charge >= 0.3 is 0 Å². The van der Waals surface area contributed by atoms with E-state index in [-0.39, 0.29) is 0 Å². The fourth-order valence-corrected chi connectivity index (χ4v) is 2.29. The van der Waals surface area contributed by atoms with E-state index in [1.165, 1.54) is 24.0 Å². The van der Waals surface area contributed by atoms with Crippen molar-refractivity contribution in [2.24, 2.45) is 5.92 Å². The number of rotatable bonds is 6. The molecule has 1 saturated heterocycles. The molecule has 1 aromatic carbocycles. The number of hydrogen-bond donors (Lipinski definition) is 1. The van der Waals surface area contributed by atoms with Crippen molar-refractivity contribution in [2.45, 2.75) is 26.0 Å². The van der Waals surface area contributed by atoms with E-state index in [0.29, 0.717) is 6.61 Å². The predicted molar refractivity (Wildman–Crippen MR) is 72.4 cm³/mol. The van der Waals surface area contributed by atoms with Gasteiger partial charge in [-0.3, -0.25) is 0 Å².